The van der Waals surface area contributed by atoms with Gasteiger partial charge in [-0.2, -0.15) is 10.2 Å². The van der Waals surface area contributed by atoms with Crippen molar-refractivity contribution in [3.05, 3.63) is 35.1 Å². The third kappa shape index (κ3) is 1.42. The van der Waals surface area contributed by atoms with E-state index in [-0.39, 0.29) is 0 Å². The van der Waals surface area contributed by atoms with Crippen molar-refractivity contribution in [1.82, 2.24) is 15.0 Å². The zero-order valence-electron chi connectivity index (χ0n) is 6.68. The number of anilines is 1. The Hall–Kier alpha value is -1.36. The van der Waals surface area contributed by atoms with Gasteiger partial charge < -0.3 is 5.73 Å². The predicted molar refractivity (Wildman–Crippen MR) is 53.5 cm³/mol. The van der Waals surface area contributed by atoms with Gasteiger partial charge in [0.15, 0.2) is 0 Å². The maximum atomic E-state index is 5.83. The maximum absolute atomic E-state index is 5.83. The lowest BCUT2D eigenvalue weighted by Gasteiger charge is -2.04. The summed E-state index contributed by atoms with van der Waals surface area (Å²) in [5.41, 5.74) is 7.24. The minimum Gasteiger partial charge on any atom is -0.396 e. The molecule has 13 heavy (non-hydrogen) atoms. The smallest absolute Gasteiger partial charge is 0.110 e. The van der Waals surface area contributed by atoms with Crippen LogP contribution in [0.25, 0.3) is 5.69 Å². The zero-order chi connectivity index (χ0) is 9.26. The van der Waals surface area contributed by atoms with Crippen LogP contribution in [0.5, 0.6) is 0 Å². The number of nitrogens with two attached hydrogens (primary N) is 1. The van der Waals surface area contributed by atoms with Gasteiger partial charge in [0, 0.05) is 4.47 Å². The highest BCUT2D eigenvalue weighted by Crippen LogP contribution is 2.24. The molecule has 0 unspecified atom stereocenters. The highest BCUT2D eigenvalue weighted by molar-refractivity contribution is 9.10. The van der Waals surface area contributed by atoms with Crippen LogP contribution in [0.3, 0.4) is 0 Å². The van der Waals surface area contributed by atoms with Gasteiger partial charge in [0.25, 0.3) is 0 Å². The molecule has 1 aromatic carbocycles. The van der Waals surface area contributed by atoms with E-state index in [0.29, 0.717) is 5.69 Å². The highest BCUT2D eigenvalue weighted by atomic mass is 79.9. The number of nitrogen functional groups attached to an aromatic ring is 1. The summed E-state index contributed by atoms with van der Waals surface area (Å²) < 4.78 is 0.849. The van der Waals surface area contributed by atoms with E-state index in [1.807, 2.05) is 18.2 Å². The second-order valence-corrected chi connectivity index (χ2v) is 3.35. The molecule has 0 aliphatic carbocycles. The Balaban J connectivity index is 2.59. The third-order valence-corrected chi connectivity index (χ3v) is 2.36. The van der Waals surface area contributed by atoms with Crippen LogP contribution in [0, 0.1) is 0 Å². The molecule has 2 rings (SSSR count). The lowest BCUT2D eigenvalue weighted by Crippen LogP contribution is -2.03. The molecule has 0 radical (unpaired) electrons. The number of nitrogens with zero attached hydrogens (tertiary/aromatic N) is 3. The van der Waals surface area contributed by atoms with Crippen molar-refractivity contribution in [3.63, 3.8) is 0 Å². The topological polar surface area (TPSA) is 56.7 Å². The Kier molecular flexibility index (Phi) is 2.02. The Morgan fingerprint density at radius 3 is 2.62 bits per heavy atom. The first-order valence-corrected chi connectivity index (χ1v) is 4.49. The molecule has 0 aliphatic rings. The summed E-state index contributed by atoms with van der Waals surface area (Å²) in [7, 11) is 0. The van der Waals surface area contributed by atoms with Crippen molar-refractivity contribution in [2.45, 2.75) is 0 Å². The molecule has 0 aliphatic heterocycles. The molecule has 0 fully saturated rings. The van der Waals surface area contributed by atoms with Gasteiger partial charge in [-0.05, 0) is 28.1 Å². The van der Waals surface area contributed by atoms with Crippen LogP contribution in [0.4, 0.5) is 5.69 Å². The summed E-state index contributed by atoms with van der Waals surface area (Å²) in [4.78, 5) is 1.49. The summed E-state index contributed by atoms with van der Waals surface area (Å²) in [6.45, 7) is 0. The van der Waals surface area contributed by atoms with Crippen molar-refractivity contribution in [2.75, 3.05) is 5.73 Å². The zero-order valence-corrected chi connectivity index (χ0v) is 8.27. The van der Waals surface area contributed by atoms with Gasteiger partial charge in [0.05, 0.1) is 18.1 Å². The third-order valence-electron chi connectivity index (χ3n) is 1.66. The molecule has 1 aromatic heterocycles. The molecule has 2 N–H and O–H groups in total. The molecule has 1 heterocycles. The molecule has 2 aromatic rings. The molecular weight excluding hydrogens is 232 g/mol. The second-order valence-electron chi connectivity index (χ2n) is 2.49. The Bertz CT molecular complexity index is 410. The number of halogens is 1. The van der Waals surface area contributed by atoms with E-state index in [9.17, 15) is 0 Å². The first-order valence-electron chi connectivity index (χ1n) is 3.70. The molecule has 0 spiro atoms. The fourth-order valence-corrected chi connectivity index (χ4v) is 1.40. The normalized spacial score (nSPS) is 10.2. The van der Waals surface area contributed by atoms with Crippen LogP contribution < -0.4 is 5.73 Å². The minimum absolute atomic E-state index is 0.638. The van der Waals surface area contributed by atoms with Gasteiger partial charge in [-0.15, -0.1) is 4.80 Å². The van der Waals surface area contributed by atoms with Crippen LogP contribution in [0.1, 0.15) is 0 Å². The standard InChI is InChI=1S/C8H7BrN4/c9-6-2-1-3-7(8(6)10)13-11-4-5-12-13/h1-5H,10H2. The number of para-hydroxylation sites is 1. The molecule has 0 atom stereocenters. The van der Waals surface area contributed by atoms with E-state index in [1.54, 1.807) is 12.4 Å². The van der Waals surface area contributed by atoms with Crippen LogP contribution in [-0.4, -0.2) is 15.0 Å². The number of hydrogen-bond acceptors (Lipinski definition) is 3. The average molecular weight is 239 g/mol. The number of aromatic nitrogens is 3. The lowest BCUT2D eigenvalue weighted by atomic mass is 10.3. The van der Waals surface area contributed by atoms with E-state index in [0.717, 1.165) is 10.2 Å². The molecule has 4 nitrogen and oxygen atoms in total. The lowest BCUT2D eigenvalue weighted by molar-refractivity contribution is 0.753. The summed E-state index contributed by atoms with van der Waals surface area (Å²) in [5.74, 6) is 0. The van der Waals surface area contributed by atoms with Crippen LogP contribution in [-0.2, 0) is 0 Å². The molecular formula is C8H7BrN4. The average Bonchev–Trinajstić information content (AvgIpc) is 2.62. The Morgan fingerprint density at radius 2 is 1.92 bits per heavy atom. The first kappa shape index (κ1) is 8.25. The molecule has 0 amide bonds. The van der Waals surface area contributed by atoms with Gasteiger partial charge in [-0.1, -0.05) is 6.07 Å². The summed E-state index contributed by atoms with van der Waals surface area (Å²) >= 11 is 3.34. The number of benzene rings is 1. The van der Waals surface area contributed by atoms with Crippen molar-refractivity contribution < 1.29 is 0 Å². The Labute approximate surface area is 83.5 Å². The van der Waals surface area contributed by atoms with E-state index in [1.165, 1.54) is 4.80 Å². The van der Waals surface area contributed by atoms with Crippen molar-refractivity contribution in [1.29, 1.82) is 0 Å². The summed E-state index contributed by atoms with van der Waals surface area (Å²) in [6.07, 6.45) is 3.22. The molecule has 0 bridgehead atoms. The van der Waals surface area contributed by atoms with Crippen LogP contribution in [0.15, 0.2) is 35.1 Å². The van der Waals surface area contributed by atoms with E-state index in [2.05, 4.69) is 26.1 Å². The van der Waals surface area contributed by atoms with Gasteiger partial charge >= 0.3 is 0 Å². The van der Waals surface area contributed by atoms with Gasteiger partial charge in [-0.25, -0.2) is 0 Å². The largest absolute Gasteiger partial charge is 0.396 e. The molecule has 5 heteroatoms. The number of rotatable bonds is 1. The first-order chi connectivity index (χ1) is 6.29. The van der Waals surface area contributed by atoms with Crippen molar-refractivity contribution >= 4 is 21.6 Å². The fraction of sp³-hybridized carbons (Fsp3) is 0. The quantitative estimate of drug-likeness (QED) is 0.769. The van der Waals surface area contributed by atoms with E-state index in [4.69, 9.17) is 5.73 Å². The highest BCUT2D eigenvalue weighted by Gasteiger charge is 2.04. The molecule has 66 valence electrons. The minimum atomic E-state index is 0.638. The monoisotopic (exact) mass is 238 g/mol. The number of hydrogen-bond donors (Lipinski definition) is 1. The second kappa shape index (κ2) is 3.18. The molecule has 0 saturated carbocycles. The van der Waals surface area contributed by atoms with Crippen molar-refractivity contribution in [2.24, 2.45) is 0 Å². The fourth-order valence-electron chi connectivity index (χ4n) is 1.04. The van der Waals surface area contributed by atoms with Crippen LogP contribution in [0.2, 0.25) is 0 Å². The van der Waals surface area contributed by atoms with E-state index >= 15 is 0 Å². The SMILES string of the molecule is Nc1c(Br)cccc1-n1nccn1. The van der Waals surface area contributed by atoms with E-state index < -0.39 is 0 Å². The predicted octanol–water partition coefficient (Wildman–Crippen LogP) is 1.61. The van der Waals surface area contributed by atoms with Gasteiger partial charge in [0.1, 0.15) is 5.69 Å². The summed E-state index contributed by atoms with van der Waals surface area (Å²) in [6, 6.07) is 5.63. The van der Waals surface area contributed by atoms with Gasteiger partial charge in [-0.3, -0.25) is 0 Å². The maximum Gasteiger partial charge on any atom is 0.110 e. The summed E-state index contributed by atoms with van der Waals surface area (Å²) in [5, 5.41) is 7.99. The molecule has 0 saturated heterocycles. The van der Waals surface area contributed by atoms with Crippen molar-refractivity contribution in [3.8, 4) is 5.69 Å². The Morgan fingerprint density at radius 1 is 1.23 bits per heavy atom. The van der Waals surface area contributed by atoms with Crippen LogP contribution >= 0.6 is 15.9 Å². The van der Waals surface area contributed by atoms with Gasteiger partial charge in [0.2, 0.25) is 0 Å².